The number of hydrogen-bond acceptors (Lipinski definition) is 2. The molecule has 2 nitrogen and oxygen atoms in total. The number of carbonyl (C=O) groups excluding carboxylic acids is 1. The van der Waals surface area contributed by atoms with E-state index in [4.69, 9.17) is 0 Å². The Morgan fingerprint density at radius 1 is 0.920 bits per heavy atom. The topological polar surface area (TPSA) is 40.1 Å². The van der Waals surface area contributed by atoms with Gasteiger partial charge in [0.2, 0.25) is 5.78 Å². The summed E-state index contributed by atoms with van der Waals surface area (Å²) in [6.45, 7) is 0. The van der Waals surface area contributed by atoms with E-state index in [1.807, 2.05) is 0 Å². The molecule has 0 saturated heterocycles. The van der Waals surface area contributed by atoms with Crippen LogP contribution in [0.15, 0.2) is 11.6 Å². The fourth-order valence-corrected chi connectivity index (χ4v) is 2.24. The molecule has 0 fully saturated rings. The molecule has 0 heterocycles. The van der Waals surface area contributed by atoms with Gasteiger partial charge in [-0.05, 0) is 17.2 Å². The number of halogens is 10. The average molecular weight is 381 g/mol. The highest BCUT2D eigenvalue weighted by atomic mass is 19.4. The number of hydrogen-bond donors (Lipinski definition) is 0. The Balaban J connectivity index is 2.63. The predicted molar refractivity (Wildman–Crippen MR) is 57.9 cm³/mol. The quantitative estimate of drug-likeness (QED) is 0.584. The van der Waals surface area contributed by atoms with E-state index in [9.17, 15) is 53.8 Å². The highest BCUT2D eigenvalue weighted by Crippen LogP contribution is 2.49. The summed E-state index contributed by atoms with van der Waals surface area (Å²) in [5.41, 5.74) is -10.7. The third-order valence-corrected chi connectivity index (χ3v) is 3.50. The van der Waals surface area contributed by atoms with Crippen LogP contribution in [0.2, 0.25) is 0 Å². The molecule has 0 radical (unpaired) electrons. The van der Waals surface area contributed by atoms with Gasteiger partial charge >= 0.3 is 18.0 Å². The van der Waals surface area contributed by atoms with E-state index in [2.05, 4.69) is 0 Å². The smallest absolute Gasteiger partial charge is 0.439 e. The second kappa shape index (κ2) is 5.36. The molecule has 1 aromatic carbocycles. The minimum absolute atomic E-state index is 0.00253. The van der Waals surface area contributed by atoms with Gasteiger partial charge in [-0.2, -0.15) is 26.3 Å². The molecule has 25 heavy (non-hydrogen) atoms. The Bertz CT molecular complexity index is 773. The molecule has 138 valence electrons. The number of allylic oxidation sites excluding steroid dienone is 1. The summed E-state index contributed by atoms with van der Waals surface area (Å²) in [7, 11) is 0. The lowest BCUT2D eigenvalue weighted by Gasteiger charge is -2.29. The van der Waals surface area contributed by atoms with Crippen molar-refractivity contribution in [3.8, 4) is 0 Å². The van der Waals surface area contributed by atoms with E-state index in [-0.39, 0.29) is 6.07 Å². The largest absolute Gasteiger partial charge is 0.872 e. The number of fused-ring (bicyclic) bond motifs is 1. The van der Waals surface area contributed by atoms with Gasteiger partial charge in [-0.1, -0.05) is 5.76 Å². The molecule has 1 aliphatic carbocycles. The Morgan fingerprint density at radius 2 is 1.40 bits per heavy atom. The molecule has 0 saturated carbocycles. The van der Waals surface area contributed by atoms with E-state index in [1.165, 1.54) is 0 Å². The number of benzene rings is 1. The van der Waals surface area contributed by atoms with Gasteiger partial charge in [0, 0.05) is 12.0 Å². The molecule has 2 rings (SSSR count). The third-order valence-electron chi connectivity index (χ3n) is 3.50. The Hall–Kier alpha value is -2.27. The van der Waals surface area contributed by atoms with Crippen molar-refractivity contribution >= 4 is 11.5 Å². The predicted octanol–water partition coefficient (Wildman–Crippen LogP) is 3.13. The maximum absolute atomic E-state index is 13.7. The van der Waals surface area contributed by atoms with Crippen LogP contribution in [0, 0.1) is 17.5 Å². The average Bonchev–Trinajstić information content (AvgIpc) is 2.78. The highest BCUT2D eigenvalue weighted by Gasteiger charge is 2.77. The van der Waals surface area contributed by atoms with E-state index in [0.29, 0.717) is 0 Å². The van der Waals surface area contributed by atoms with Crippen LogP contribution in [-0.2, 0) is 11.2 Å². The van der Waals surface area contributed by atoms with E-state index >= 15 is 0 Å². The Labute approximate surface area is 131 Å². The van der Waals surface area contributed by atoms with Crippen molar-refractivity contribution < 1.29 is 53.8 Å². The van der Waals surface area contributed by atoms with Crippen LogP contribution in [0.5, 0.6) is 0 Å². The van der Waals surface area contributed by atoms with Gasteiger partial charge in [0.15, 0.2) is 17.5 Å². The van der Waals surface area contributed by atoms with Crippen LogP contribution < -0.4 is 5.11 Å². The van der Waals surface area contributed by atoms with Crippen LogP contribution in [0.4, 0.5) is 43.9 Å². The van der Waals surface area contributed by atoms with Crippen LogP contribution in [-0.4, -0.2) is 23.8 Å². The molecular weight excluding hydrogens is 378 g/mol. The SMILES string of the molecule is O=C(C1=C([O-])c2cc(F)c(F)c(F)c2C1)C(F)(C(F)(F)F)C(F)(F)F. The maximum atomic E-state index is 13.7. The third kappa shape index (κ3) is 2.54. The normalized spacial score (nSPS) is 15.6. The van der Waals surface area contributed by atoms with Crippen LogP contribution in [0.25, 0.3) is 5.76 Å². The van der Waals surface area contributed by atoms with E-state index in [0.717, 1.165) is 0 Å². The van der Waals surface area contributed by atoms with Crippen molar-refractivity contribution in [2.45, 2.75) is 24.4 Å². The van der Waals surface area contributed by atoms with Crippen molar-refractivity contribution in [3.63, 3.8) is 0 Å². The monoisotopic (exact) mass is 381 g/mol. The fraction of sp³-hybridized carbons (Fsp3) is 0.308. The maximum Gasteiger partial charge on any atom is 0.439 e. The number of carbonyl (C=O) groups is 1. The van der Waals surface area contributed by atoms with Crippen LogP contribution in [0.1, 0.15) is 11.1 Å². The number of alkyl halides is 7. The van der Waals surface area contributed by atoms with Gasteiger partial charge in [-0.3, -0.25) is 4.79 Å². The summed E-state index contributed by atoms with van der Waals surface area (Å²) < 4.78 is 129. The van der Waals surface area contributed by atoms with Crippen LogP contribution >= 0.6 is 0 Å². The fourth-order valence-electron chi connectivity index (χ4n) is 2.24. The minimum atomic E-state index is -6.78. The van der Waals surface area contributed by atoms with Gasteiger partial charge in [0.05, 0.1) is 0 Å². The van der Waals surface area contributed by atoms with Crippen molar-refractivity contribution in [2.75, 3.05) is 0 Å². The molecule has 0 bridgehead atoms. The van der Waals surface area contributed by atoms with Gasteiger partial charge in [0.25, 0.3) is 0 Å². The minimum Gasteiger partial charge on any atom is -0.872 e. The van der Waals surface area contributed by atoms with Gasteiger partial charge in [-0.15, -0.1) is 0 Å². The highest BCUT2D eigenvalue weighted by molar-refractivity contribution is 6.09. The second-order valence-corrected chi connectivity index (χ2v) is 4.98. The molecule has 1 aromatic rings. The zero-order valence-electron chi connectivity index (χ0n) is 11.4. The first kappa shape index (κ1) is 19.1. The Morgan fingerprint density at radius 3 is 1.84 bits per heavy atom. The first-order valence-electron chi connectivity index (χ1n) is 6.08. The molecule has 0 amide bonds. The summed E-state index contributed by atoms with van der Waals surface area (Å²) in [4.78, 5) is 11.5. The van der Waals surface area contributed by atoms with E-state index < -0.39 is 70.1 Å². The molecule has 12 heteroatoms. The standard InChI is InChI=1S/C13H4F10O2/c14-6-2-4-3(7(15)8(6)16)1-5(9(4)24)10(25)11(17,12(18,19)20)13(21,22)23/h2,24H,1H2/p-1. The summed E-state index contributed by atoms with van der Waals surface area (Å²) >= 11 is 0. The Kier molecular flexibility index (Phi) is 4.09. The van der Waals surface area contributed by atoms with Crippen LogP contribution in [0.3, 0.4) is 0 Å². The first-order chi connectivity index (χ1) is 11.1. The molecule has 0 N–H and O–H groups in total. The molecule has 0 spiro atoms. The van der Waals surface area contributed by atoms with Crippen molar-refractivity contribution in [1.82, 2.24) is 0 Å². The lowest BCUT2D eigenvalue weighted by atomic mass is 9.91. The van der Waals surface area contributed by atoms with Gasteiger partial charge < -0.3 is 5.11 Å². The molecule has 0 atom stereocenters. The summed E-state index contributed by atoms with van der Waals surface area (Å²) in [6, 6.07) is -0.00253. The lowest BCUT2D eigenvalue weighted by Crippen LogP contribution is -2.59. The molecule has 0 unspecified atom stereocenters. The molecule has 1 aliphatic rings. The van der Waals surface area contributed by atoms with Crippen molar-refractivity contribution in [1.29, 1.82) is 0 Å². The molecule has 0 aromatic heterocycles. The summed E-state index contributed by atoms with van der Waals surface area (Å²) in [5, 5.41) is 11.7. The summed E-state index contributed by atoms with van der Waals surface area (Å²) in [6.07, 6.45) is -15.1. The number of rotatable bonds is 2. The van der Waals surface area contributed by atoms with Crippen molar-refractivity contribution in [2.24, 2.45) is 0 Å². The zero-order valence-corrected chi connectivity index (χ0v) is 11.4. The van der Waals surface area contributed by atoms with Gasteiger partial charge in [-0.25, -0.2) is 17.6 Å². The lowest BCUT2D eigenvalue weighted by molar-refractivity contribution is -0.324. The first-order valence-corrected chi connectivity index (χ1v) is 6.08. The molecule has 0 aliphatic heterocycles. The van der Waals surface area contributed by atoms with Gasteiger partial charge in [0.1, 0.15) is 0 Å². The number of ketones is 1. The summed E-state index contributed by atoms with van der Waals surface area (Å²) in [5.74, 6) is -11.5. The zero-order chi connectivity index (χ0) is 19.5. The van der Waals surface area contributed by atoms with E-state index in [1.54, 1.807) is 0 Å². The molecular formula is C13H3F10O2-. The number of Topliss-reactive ketones (excluding diaryl/α,β-unsaturated/α-hetero) is 1. The van der Waals surface area contributed by atoms with Crippen molar-refractivity contribution in [3.05, 3.63) is 40.2 Å². The second-order valence-electron chi connectivity index (χ2n) is 4.98.